The van der Waals surface area contributed by atoms with Crippen molar-refractivity contribution >= 4 is 23.1 Å². The number of benzene rings is 1. The molecule has 0 aliphatic heterocycles. The standard InChI is InChI=1S/C19H20N2OS/c1-12-9-13(2)18(15(4)22)14(3)17(12)11-23-19-20-10-16-7-5-6-8-21(16)19/h5-10H,11H2,1-4H3. The minimum atomic E-state index is 0.137. The highest BCUT2D eigenvalue weighted by atomic mass is 32.2. The molecule has 0 saturated heterocycles. The molecular weight excluding hydrogens is 304 g/mol. The van der Waals surface area contributed by atoms with E-state index < -0.39 is 0 Å². The number of fused-ring (bicyclic) bond motifs is 1. The molecule has 1 aromatic carbocycles. The zero-order valence-electron chi connectivity index (χ0n) is 13.9. The summed E-state index contributed by atoms with van der Waals surface area (Å²) in [6.45, 7) is 7.82. The molecule has 0 aliphatic rings. The molecule has 2 aromatic heterocycles. The lowest BCUT2D eigenvalue weighted by atomic mass is 9.92. The van der Waals surface area contributed by atoms with Gasteiger partial charge in [0, 0.05) is 17.5 Å². The third-order valence-electron chi connectivity index (χ3n) is 4.23. The van der Waals surface area contributed by atoms with Crippen molar-refractivity contribution in [1.82, 2.24) is 9.38 Å². The van der Waals surface area contributed by atoms with Gasteiger partial charge in [-0.2, -0.15) is 0 Å². The Labute approximate surface area is 140 Å². The molecule has 0 unspecified atom stereocenters. The molecule has 23 heavy (non-hydrogen) atoms. The molecule has 118 valence electrons. The van der Waals surface area contributed by atoms with E-state index in [1.807, 2.05) is 37.5 Å². The van der Waals surface area contributed by atoms with Crippen LogP contribution in [-0.2, 0) is 5.75 Å². The second-order valence-corrected chi connectivity index (χ2v) is 6.81. The van der Waals surface area contributed by atoms with Crippen LogP contribution < -0.4 is 0 Å². The van der Waals surface area contributed by atoms with Crippen LogP contribution >= 0.6 is 11.8 Å². The summed E-state index contributed by atoms with van der Waals surface area (Å²) >= 11 is 1.70. The van der Waals surface area contributed by atoms with Crippen molar-refractivity contribution in [3.8, 4) is 0 Å². The highest BCUT2D eigenvalue weighted by molar-refractivity contribution is 7.98. The predicted molar refractivity (Wildman–Crippen MR) is 95.4 cm³/mol. The highest BCUT2D eigenvalue weighted by Gasteiger charge is 2.15. The largest absolute Gasteiger partial charge is 0.295 e. The molecule has 0 bridgehead atoms. The minimum Gasteiger partial charge on any atom is -0.295 e. The Kier molecular flexibility index (Phi) is 4.26. The highest BCUT2D eigenvalue weighted by Crippen LogP contribution is 2.29. The number of imidazole rings is 1. The molecule has 0 spiro atoms. The van der Waals surface area contributed by atoms with Crippen molar-refractivity contribution in [3.63, 3.8) is 0 Å². The van der Waals surface area contributed by atoms with Crippen molar-refractivity contribution in [3.05, 3.63) is 64.5 Å². The number of Topliss-reactive ketones (excluding diaryl/α,β-unsaturated/α-hetero) is 1. The molecule has 3 rings (SSSR count). The number of pyridine rings is 1. The van der Waals surface area contributed by atoms with E-state index >= 15 is 0 Å². The van der Waals surface area contributed by atoms with Gasteiger partial charge in [-0.25, -0.2) is 4.98 Å². The van der Waals surface area contributed by atoms with Crippen LogP contribution in [-0.4, -0.2) is 15.2 Å². The molecule has 0 amide bonds. The van der Waals surface area contributed by atoms with E-state index in [9.17, 15) is 4.79 Å². The van der Waals surface area contributed by atoms with Crippen LogP contribution in [0.2, 0.25) is 0 Å². The number of aromatic nitrogens is 2. The van der Waals surface area contributed by atoms with Crippen molar-refractivity contribution in [2.45, 2.75) is 38.6 Å². The van der Waals surface area contributed by atoms with Gasteiger partial charge in [0.15, 0.2) is 10.9 Å². The van der Waals surface area contributed by atoms with Gasteiger partial charge < -0.3 is 0 Å². The van der Waals surface area contributed by atoms with E-state index in [0.29, 0.717) is 0 Å². The van der Waals surface area contributed by atoms with Crippen LogP contribution in [0.5, 0.6) is 0 Å². The maximum Gasteiger partial charge on any atom is 0.172 e. The Morgan fingerprint density at radius 2 is 2.00 bits per heavy atom. The van der Waals surface area contributed by atoms with E-state index in [4.69, 9.17) is 0 Å². The summed E-state index contributed by atoms with van der Waals surface area (Å²) in [5.74, 6) is 0.948. The lowest BCUT2D eigenvalue weighted by Crippen LogP contribution is -2.05. The Morgan fingerprint density at radius 3 is 2.74 bits per heavy atom. The van der Waals surface area contributed by atoms with Crippen molar-refractivity contribution in [1.29, 1.82) is 0 Å². The quantitative estimate of drug-likeness (QED) is 0.513. The first-order valence-corrected chi connectivity index (χ1v) is 8.63. The molecule has 0 fully saturated rings. The zero-order chi connectivity index (χ0) is 16.6. The summed E-state index contributed by atoms with van der Waals surface area (Å²) in [5, 5.41) is 0.976. The average molecular weight is 324 g/mol. The number of carbonyl (C=O) groups is 1. The van der Waals surface area contributed by atoms with Crippen LogP contribution in [0, 0.1) is 20.8 Å². The maximum atomic E-state index is 11.9. The van der Waals surface area contributed by atoms with Crippen LogP contribution in [0.1, 0.15) is 39.5 Å². The van der Waals surface area contributed by atoms with E-state index in [1.54, 1.807) is 18.7 Å². The fourth-order valence-electron chi connectivity index (χ4n) is 3.15. The number of rotatable bonds is 4. The first-order chi connectivity index (χ1) is 11.0. The van der Waals surface area contributed by atoms with Crippen LogP contribution in [0.4, 0.5) is 0 Å². The average Bonchev–Trinajstić information content (AvgIpc) is 2.89. The third-order valence-corrected chi connectivity index (χ3v) is 5.23. The molecule has 0 N–H and O–H groups in total. The number of thioether (sulfide) groups is 1. The molecule has 3 aromatic rings. The monoisotopic (exact) mass is 324 g/mol. The van der Waals surface area contributed by atoms with Gasteiger partial charge in [0.25, 0.3) is 0 Å². The molecule has 0 saturated carbocycles. The molecule has 0 atom stereocenters. The molecule has 4 heteroatoms. The number of hydrogen-bond donors (Lipinski definition) is 0. The third kappa shape index (κ3) is 2.91. The molecule has 0 radical (unpaired) electrons. The first kappa shape index (κ1) is 15.8. The van der Waals surface area contributed by atoms with Crippen molar-refractivity contribution in [2.75, 3.05) is 0 Å². The maximum absolute atomic E-state index is 11.9. The Morgan fingerprint density at radius 1 is 1.22 bits per heavy atom. The van der Waals surface area contributed by atoms with Gasteiger partial charge in [0.05, 0.1) is 11.7 Å². The summed E-state index contributed by atoms with van der Waals surface area (Å²) in [6, 6.07) is 8.18. The Hall–Kier alpha value is -2.07. The van der Waals surface area contributed by atoms with Gasteiger partial charge in [0.2, 0.25) is 0 Å². The topological polar surface area (TPSA) is 34.4 Å². The summed E-state index contributed by atoms with van der Waals surface area (Å²) in [4.78, 5) is 16.4. The van der Waals surface area contributed by atoms with E-state index in [2.05, 4.69) is 29.3 Å². The molecule has 3 nitrogen and oxygen atoms in total. The normalized spacial score (nSPS) is 11.1. The fourth-order valence-corrected chi connectivity index (χ4v) is 4.30. The van der Waals surface area contributed by atoms with Gasteiger partial charge in [-0.15, -0.1) is 0 Å². The number of hydrogen-bond acceptors (Lipinski definition) is 3. The Balaban J connectivity index is 1.94. The van der Waals surface area contributed by atoms with E-state index in [1.165, 1.54) is 11.1 Å². The predicted octanol–water partition coefficient (Wildman–Crippen LogP) is 4.75. The first-order valence-electron chi connectivity index (χ1n) is 7.64. The minimum absolute atomic E-state index is 0.137. The van der Waals surface area contributed by atoms with Crippen molar-refractivity contribution in [2.24, 2.45) is 0 Å². The van der Waals surface area contributed by atoms with Crippen LogP contribution in [0.15, 0.2) is 41.8 Å². The van der Waals surface area contributed by atoms with Gasteiger partial charge in [-0.1, -0.05) is 23.9 Å². The number of ketones is 1. The second kappa shape index (κ2) is 6.20. The van der Waals surface area contributed by atoms with Gasteiger partial charge >= 0.3 is 0 Å². The SMILES string of the molecule is CC(=O)c1c(C)cc(C)c(CSc2ncc3ccccn23)c1C. The van der Waals surface area contributed by atoms with Gasteiger partial charge in [0.1, 0.15) is 0 Å². The summed E-state index contributed by atoms with van der Waals surface area (Å²) in [6.07, 6.45) is 3.92. The number of carbonyl (C=O) groups excluding carboxylic acids is 1. The van der Waals surface area contributed by atoms with Gasteiger partial charge in [-0.05, 0) is 62.1 Å². The molecule has 0 aliphatic carbocycles. The van der Waals surface area contributed by atoms with E-state index in [-0.39, 0.29) is 5.78 Å². The number of aryl methyl sites for hydroxylation is 2. The van der Waals surface area contributed by atoms with Crippen molar-refractivity contribution < 1.29 is 4.79 Å². The van der Waals surface area contributed by atoms with Gasteiger partial charge in [-0.3, -0.25) is 9.20 Å². The second-order valence-electron chi connectivity index (χ2n) is 5.87. The number of nitrogens with zero attached hydrogens (tertiary/aromatic N) is 2. The lowest BCUT2D eigenvalue weighted by Gasteiger charge is -2.15. The summed E-state index contributed by atoms with van der Waals surface area (Å²) in [7, 11) is 0. The zero-order valence-corrected chi connectivity index (χ0v) is 14.7. The molecular formula is C19H20N2OS. The fraction of sp³-hybridized carbons (Fsp3) is 0.263. The smallest absolute Gasteiger partial charge is 0.172 e. The van der Waals surface area contributed by atoms with Crippen LogP contribution in [0.3, 0.4) is 0 Å². The summed E-state index contributed by atoms with van der Waals surface area (Å²) in [5.41, 5.74) is 6.59. The Bertz CT molecular complexity index is 896. The van der Waals surface area contributed by atoms with Crippen LogP contribution in [0.25, 0.3) is 5.52 Å². The summed E-state index contributed by atoms with van der Waals surface area (Å²) < 4.78 is 2.09. The van der Waals surface area contributed by atoms with E-state index in [0.717, 1.165) is 33.1 Å². The molecule has 2 heterocycles. The lowest BCUT2D eigenvalue weighted by molar-refractivity contribution is 0.101.